The molecular weight excluding hydrogens is 415 g/mol. The van der Waals surface area contributed by atoms with E-state index < -0.39 is 12.0 Å². The maximum absolute atomic E-state index is 12.3. The summed E-state index contributed by atoms with van der Waals surface area (Å²) >= 11 is 9.05. The van der Waals surface area contributed by atoms with Gasteiger partial charge < -0.3 is 25.6 Å². The van der Waals surface area contributed by atoms with Gasteiger partial charge in [0.1, 0.15) is 5.75 Å². The Labute approximate surface area is 174 Å². The number of carbonyl (C=O) groups excluding carboxylic acids is 1. The molecule has 1 atom stereocenters. The Hall–Kier alpha value is -0.886. The van der Waals surface area contributed by atoms with E-state index in [9.17, 15) is 15.0 Å². The van der Waals surface area contributed by atoms with Crippen LogP contribution in [0.2, 0.25) is 0 Å². The first kappa shape index (κ1) is 24.1. The van der Waals surface area contributed by atoms with Crippen molar-refractivity contribution in [2.24, 2.45) is 0 Å². The predicted octanol–water partition coefficient (Wildman–Crippen LogP) is 1.70. The second-order valence-electron chi connectivity index (χ2n) is 4.71. The number of hydrogen-bond donors (Lipinski definition) is 4. The number of nitrogens with one attached hydrogen (secondary N) is 2. The van der Waals surface area contributed by atoms with Crippen LogP contribution in [0.4, 0.5) is 0 Å². The van der Waals surface area contributed by atoms with Crippen LogP contribution in [-0.4, -0.2) is 34.5 Å². The summed E-state index contributed by atoms with van der Waals surface area (Å²) in [5, 5.41) is 25.1. The molecule has 134 valence electrons. The zero-order valence-electron chi connectivity index (χ0n) is 13.5. The van der Waals surface area contributed by atoms with Crippen molar-refractivity contribution < 1.29 is 41.5 Å². The predicted molar refractivity (Wildman–Crippen MR) is 101 cm³/mol. The number of esters is 1. The van der Waals surface area contributed by atoms with E-state index in [0.717, 1.165) is 0 Å². The fraction of sp³-hybridized carbons (Fsp3) is 0.333. The van der Waals surface area contributed by atoms with Gasteiger partial charge in [0.2, 0.25) is 0 Å². The van der Waals surface area contributed by atoms with Gasteiger partial charge in [0, 0.05) is 40.4 Å². The van der Waals surface area contributed by atoms with E-state index in [-0.39, 0.29) is 47.1 Å². The Bertz CT molecular complexity index is 646. The third-order valence-electron chi connectivity index (χ3n) is 3.21. The van der Waals surface area contributed by atoms with Crippen molar-refractivity contribution in [1.82, 2.24) is 10.6 Å². The Morgan fingerprint density at radius 3 is 2.64 bits per heavy atom. The smallest absolute Gasteiger partial charge is 0.338 e. The first-order valence-electron chi connectivity index (χ1n) is 7.14. The van der Waals surface area contributed by atoms with Gasteiger partial charge in [-0.25, -0.2) is 4.79 Å². The van der Waals surface area contributed by atoms with Gasteiger partial charge >= 0.3 is 5.97 Å². The van der Waals surface area contributed by atoms with Crippen LogP contribution in [0.25, 0.3) is 0 Å². The number of thiocarbonyl (C=S) groups is 1. The van der Waals surface area contributed by atoms with Crippen LogP contribution in [0.5, 0.6) is 5.75 Å². The van der Waals surface area contributed by atoms with Crippen LogP contribution >= 0.6 is 20.2 Å². The van der Waals surface area contributed by atoms with E-state index in [1.807, 2.05) is 0 Å². The van der Waals surface area contributed by atoms with Gasteiger partial charge in [0.15, 0.2) is 5.11 Å². The van der Waals surface area contributed by atoms with Crippen molar-refractivity contribution in [2.45, 2.75) is 19.4 Å². The van der Waals surface area contributed by atoms with Crippen molar-refractivity contribution in [3.63, 3.8) is 0 Å². The fourth-order valence-electron chi connectivity index (χ4n) is 2.33. The molecule has 2 rings (SSSR count). The Balaban J connectivity index is 0.00000185. The van der Waals surface area contributed by atoms with E-state index in [0.29, 0.717) is 21.9 Å². The largest absolute Gasteiger partial charge is 0.508 e. The maximum atomic E-state index is 12.3. The number of phenolic OH excluding ortho intramolecular Hbond substituents is 1. The molecule has 1 heterocycles. The van der Waals surface area contributed by atoms with E-state index in [1.165, 1.54) is 0 Å². The van der Waals surface area contributed by atoms with E-state index in [2.05, 4.69) is 30.5 Å². The standard InChI is InChI=1S/C15H18N2O4S.HPS.Ti/c1-2-21-14(20)12-11(6-7-18)16-15(22)17-13(12)9-4-3-5-10(19)8-9;1-2;/h3-5,8,13,18-19H,2,6-7H2,1H3,(H2,16,17,22);1H;. The summed E-state index contributed by atoms with van der Waals surface area (Å²) in [6, 6.07) is 6.03. The summed E-state index contributed by atoms with van der Waals surface area (Å²) < 4.78 is 5.11. The van der Waals surface area contributed by atoms with Gasteiger partial charge in [0.25, 0.3) is 0 Å². The zero-order chi connectivity index (χ0) is 18.1. The molecular formula is C15H19N2O4PS2Ti. The second kappa shape index (κ2) is 12.5. The third kappa shape index (κ3) is 6.74. The molecule has 6 nitrogen and oxygen atoms in total. The summed E-state index contributed by atoms with van der Waals surface area (Å²) in [6.45, 7) is 1.84. The average Bonchev–Trinajstić information content (AvgIpc) is 2.56. The van der Waals surface area contributed by atoms with Crippen LogP contribution in [0.3, 0.4) is 0 Å². The topological polar surface area (TPSA) is 90.8 Å². The number of aliphatic hydroxyl groups excluding tert-OH is 1. The van der Waals surface area contributed by atoms with Crippen LogP contribution in [0.1, 0.15) is 24.9 Å². The Morgan fingerprint density at radius 1 is 1.40 bits per heavy atom. The first-order valence-corrected chi connectivity index (χ1v) is 9.18. The molecule has 0 saturated carbocycles. The third-order valence-corrected chi connectivity index (χ3v) is 3.43. The van der Waals surface area contributed by atoms with Crippen molar-refractivity contribution in [3.8, 4) is 5.75 Å². The monoisotopic (exact) mass is 434 g/mol. The van der Waals surface area contributed by atoms with E-state index >= 15 is 0 Å². The molecule has 0 aromatic heterocycles. The van der Waals surface area contributed by atoms with Crippen LogP contribution in [-0.2, 0) is 43.1 Å². The van der Waals surface area contributed by atoms with Crippen LogP contribution in [0.15, 0.2) is 35.5 Å². The minimum absolute atomic E-state index is 0. The fourth-order valence-corrected chi connectivity index (χ4v) is 2.57. The van der Waals surface area contributed by atoms with Crippen molar-refractivity contribution in [2.75, 3.05) is 13.2 Å². The number of phenols is 1. The molecule has 0 aliphatic carbocycles. The minimum Gasteiger partial charge on any atom is -0.508 e. The molecule has 0 fully saturated rings. The Morgan fingerprint density at radius 2 is 2.08 bits per heavy atom. The van der Waals surface area contributed by atoms with Crippen molar-refractivity contribution >= 4 is 43.1 Å². The minimum atomic E-state index is -0.540. The molecule has 1 aliphatic heterocycles. The van der Waals surface area contributed by atoms with Gasteiger partial charge in [-0.2, -0.15) is 0 Å². The molecule has 10 heteroatoms. The van der Waals surface area contributed by atoms with Crippen molar-refractivity contribution in [1.29, 1.82) is 0 Å². The summed E-state index contributed by atoms with van der Waals surface area (Å²) in [5.41, 5.74) is 1.57. The molecule has 1 aliphatic rings. The summed E-state index contributed by atoms with van der Waals surface area (Å²) in [4.78, 5) is 12.3. The molecule has 1 aromatic rings. The SMILES string of the molecule is CCOC(=O)C1=C(CCO)NC(=S)NC1c1cccc(O)c1.P=S.[Ti]. The van der Waals surface area contributed by atoms with Crippen LogP contribution < -0.4 is 10.6 Å². The van der Waals surface area contributed by atoms with Gasteiger partial charge in [-0.05, 0) is 44.9 Å². The van der Waals surface area contributed by atoms with Gasteiger partial charge in [-0.15, -0.1) is 0 Å². The number of hydrogen-bond acceptors (Lipinski definition) is 6. The molecule has 0 radical (unpaired) electrons. The zero-order valence-corrected chi connectivity index (χ0v) is 17.7. The maximum Gasteiger partial charge on any atom is 0.338 e. The summed E-state index contributed by atoms with van der Waals surface area (Å²) in [7, 11) is 2.56. The quantitative estimate of drug-likeness (QED) is 0.241. The van der Waals surface area contributed by atoms with E-state index in [4.69, 9.17) is 17.0 Å². The second-order valence-corrected chi connectivity index (χ2v) is 5.12. The van der Waals surface area contributed by atoms with Gasteiger partial charge in [-0.3, -0.25) is 0 Å². The van der Waals surface area contributed by atoms with E-state index in [1.54, 1.807) is 31.2 Å². The first-order chi connectivity index (χ1) is 11.6. The van der Waals surface area contributed by atoms with Gasteiger partial charge in [0.05, 0.1) is 18.2 Å². The van der Waals surface area contributed by atoms with Crippen molar-refractivity contribution in [3.05, 3.63) is 41.1 Å². The summed E-state index contributed by atoms with van der Waals surface area (Å²) in [6.07, 6.45) is 0.255. The molecule has 0 amide bonds. The molecule has 0 spiro atoms. The molecule has 25 heavy (non-hydrogen) atoms. The average molecular weight is 434 g/mol. The van der Waals surface area contributed by atoms with Gasteiger partial charge in [-0.1, -0.05) is 23.9 Å². The number of benzene rings is 1. The molecule has 1 aromatic carbocycles. The molecule has 4 N–H and O–H groups in total. The number of ether oxygens (including phenoxy) is 1. The normalized spacial score (nSPS) is 15.8. The number of aliphatic hydroxyl groups is 1. The number of aromatic hydroxyl groups is 1. The Kier molecular flexibility index (Phi) is 12.0. The number of rotatable bonds is 5. The molecule has 0 saturated heterocycles. The summed E-state index contributed by atoms with van der Waals surface area (Å²) in [5.74, 6) is -0.391. The van der Waals surface area contributed by atoms with Crippen LogP contribution in [0, 0.1) is 0 Å². The number of carbonyl (C=O) groups is 1. The molecule has 0 bridgehead atoms. The molecule has 1 unspecified atom stereocenters.